The monoisotopic (exact) mass is 427 g/mol. The van der Waals surface area contributed by atoms with E-state index in [-0.39, 0.29) is 22.7 Å². The highest BCUT2D eigenvalue weighted by Crippen LogP contribution is 2.50. The summed E-state index contributed by atoms with van der Waals surface area (Å²) in [6.45, 7) is 1.81. The highest BCUT2D eigenvalue weighted by Gasteiger charge is 2.51. The fraction of sp³-hybridized carbons (Fsp3) is 0.208. The molecule has 1 saturated carbocycles. The molecule has 4 nitrogen and oxygen atoms in total. The summed E-state index contributed by atoms with van der Waals surface area (Å²) in [5, 5.41) is 21.8. The molecule has 3 aromatic rings. The van der Waals surface area contributed by atoms with Crippen LogP contribution in [0.15, 0.2) is 60.7 Å². The van der Waals surface area contributed by atoms with Gasteiger partial charge in [-0.2, -0.15) is 13.2 Å². The number of benzene rings is 3. The number of rotatable bonds is 4. The Labute approximate surface area is 177 Å². The normalized spacial score (nSPS) is 14.8. The zero-order valence-electron chi connectivity index (χ0n) is 16.6. The minimum absolute atomic E-state index is 0.0405. The number of phenols is 2. The van der Waals surface area contributed by atoms with Gasteiger partial charge in [0.15, 0.2) is 11.5 Å². The molecule has 3 N–H and O–H groups in total. The van der Waals surface area contributed by atoms with Crippen molar-refractivity contribution in [2.24, 2.45) is 0 Å². The Morgan fingerprint density at radius 1 is 0.968 bits per heavy atom. The van der Waals surface area contributed by atoms with Gasteiger partial charge in [-0.1, -0.05) is 42.0 Å². The maximum absolute atomic E-state index is 13.8. The first-order chi connectivity index (χ1) is 14.6. The van der Waals surface area contributed by atoms with Crippen LogP contribution in [0.3, 0.4) is 0 Å². The molecule has 4 rings (SSSR count). The predicted octanol–water partition coefficient (Wildman–Crippen LogP) is 5.76. The lowest BCUT2D eigenvalue weighted by Crippen LogP contribution is -2.28. The van der Waals surface area contributed by atoms with E-state index in [1.165, 1.54) is 30.3 Å². The average Bonchev–Trinajstić information content (AvgIpc) is 3.51. The summed E-state index contributed by atoms with van der Waals surface area (Å²) in [5.74, 6) is -1.10. The first-order valence-electron chi connectivity index (χ1n) is 9.72. The first kappa shape index (κ1) is 20.8. The van der Waals surface area contributed by atoms with Crippen LogP contribution in [0.4, 0.5) is 18.9 Å². The third kappa shape index (κ3) is 3.95. The molecule has 0 saturated heterocycles. The van der Waals surface area contributed by atoms with Gasteiger partial charge in [-0.15, -0.1) is 0 Å². The molecule has 0 radical (unpaired) electrons. The smallest absolute Gasteiger partial charge is 0.417 e. The number of phenolic OH excluding ortho intramolecular Hbond substituents is 2. The van der Waals surface area contributed by atoms with Crippen molar-refractivity contribution in [3.05, 3.63) is 77.4 Å². The van der Waals surface area contributed by atoms with Gasteiger partial charge >= 0.3 is 6.18 Å². The zero-order valence-corrected chi connectivity index (χ0v) is 16.6. The van der Waals surface area contributed by atoms with E-state index in [9.17, 15) is 28.2 Å². The minimum Gasteiger partial charge on any atom is -0.504 e. The Kier molecular flexibility index (Phi) is 4.92. The van der Waals surface area contributed by atoms with Crippen molar-refractivity contribution in [2.45, 2.75) is 31.4 Å². The molecule has 0 aliphatic heterocycles. The van der Waals surface area contributed by atoms with E-state index >= 15 is 0 Å². The Morgan fingerprint density at radius 2 is 1.71 bits per heavy atom. The van der Waals surface area contributed by atoms with Crippen LogP contribution in [-0.2, 0) is 16.4 Å². The number of carbonyl (C=O) groups excluding carboxylic acids is 1. The van der Waals surface area contributed by atoms with Gasteiger partial charge in [0.2, 0.25) is 5.91 Å². The lowest BCUT2D eigenvalue weighted by atomic mass is 9.94. The third-order valence-electron chi connectivity index (χ3n) is 5.62. The van der Waals surface area contributed by atoms with Crippen molar-refractivity contribution in [3.8, 4) is 22.6 Å². The van der Waals surface area contributed by atoms with Gasteiger partial charge in [-0.3, -0.25) is 4.79 Å². The van der Waals surface area contributed by atoms with E-state index in [4.69, 9.17) is 0 Å². The van der Waals surface area contributed by atoms with Crippen LogP contribution in [0, 0.1) is 6.92 Å². The van der Waals surface area contributed by atoms with Crippen LogP contribution in [-0.4, -0.2) is 16.1 Å². The number of aryl methyl sites for hydroxylation is 1. The maximum atomic E-state index is 13.8. The van der Waals surface area contributed by atoms with E-state index in [0.717, 1.165) is 11.6 Å². The van der Waals surface area contributed by atoms with E-state index in [0.29, 0.717) is 24.0 Å². The molecule has 3 aromatic carbocycles. The van der Waals surface area contributed by atoms with Gasteiger partial charge < -0.3 is 15.5 Å². The second kappa shape index (κ2) is 7.34. The van der Waals surface area contributed by atoms with Crippen LogP contribution in [0.2, 0.25) is 0 Å². The van der Waals surface area contributed by atoms with Gasteiger partial charge in [0.1, 0.15) is 0 Å². The predicted molar refractivity (Wildman–Crippen MR) is 111 cm³/mol. The largest absolute Gasteiger partial charge is 0.504 e. The lowest BCUT2D eigenvalue weighted by Gasteiger charge is -2.19. The highest BCUT2D eigenvalue weighted by molar-refractivity contribution is 6.01. The summed E-state index contributed by atoms with van der Waals surface area (Å²) in [6.07, 6.45) is -3.60. The molecule has 0 spiro atoms. The lowest BCUT2D eigenvalue weighted by molar-refractivity contribution is -0.137. The molecule has 1 amide bonds. The maximum Gasteiger partial charge on any atom is 0.417 e. The van der Waals surface area contributed by atoms with Gasteiger partial charge in [-0.05, 0) is 60.7 Å². The van der Waals surface area contributed by atoms with Gasteiger partial charge in [0.25, 0.3) is 0 Å². The number of alkyl halides is 3. The number of carbonyl (C=O) groups is 1. The first-order valence-corrected chi connectivity index (χ1v) is 9.72. The summed E-state index contributed by atoms with van der Waals surface area (Å²) in [7, 11) is 0. The number of anilines is 1. The average molecular weight is 427 g/mol. The number of nitrogens with one attached hydrogen (secondary N) is 1. The number of amides is 1. The molecule has 0 bridgehead atoms. The summed E-state index contributed by atoms with van der Waals surface area (Å²) >= 11 is 0. The highest BCUT2D eigenvalue weighted by atomic mass is 19.4. The van der Waals surface area contributed by atoms with Crippen LogP contribution < -0.4 is 5.32 Å². The van der Waals surface area contributed by atoms with E-state index in [1.807, 2.05) is 13.0 Å². The van der Waals surface area contributed by atoms with Gasteiger partial charge in [0.05, 0.1) is 11.0 Å². The fourth-order valence-electron chi connectivity index (χ4n) is 3.76. The fourth-order valence-corrected chi connectivity index (χ4v) is 3.76. The van der Waals surface area contributed by atoms with Crippen molar-refractivity contribution >= 4 is 11.6 Å². The van der Waals surface area contributed by atoms with Crippen molar-refractivity contribution < 1.29 is 28.2 Å². The zero-order chi connectivity index (χ0) is 22.4. The van der Waals surface area contributed by atoms with E-state index < -0.39 is 23.1 Å². The molecular formula is C24H20F3NO3. The molecule has 0 unspecified atom stereocenters. The Morgan fingerprint density at radius 3 is 2.32 bits per heavy atom. The van der Waals surface area contributed by atoms with Crippen molar-refractivity contribution in [3.63, 3.8) is 0 Å². The topological polar surface area (TPSA) is 69.6 Å². The number of aromatic hydroxyl groups is 2. The summed E-state index contributed by atoms with van der Waals surface area (Å²) in [4.78, 5) is 12.9. The molecule has 0 heterocycles. The minimum atomic E-state index is -4.60. The second-order valence-electron chi connectivity index (χ2n) is 7.87. The number of halogens is 3. The molecule has 1 fully saturated rings. The Bertz CT molecular complexity index is 1170. The molecule has 160 valence electrons. The second-order valence-corrected chi connectivity index (χ2v) is 7.87. The van der Waals surface area contributed by atoms with Crippen LogP contribution in [0.1, 0.15) is 29.5 Å². The molecule has 0 atom stereocenters. The molecule has 1 aliphatic rings. The van der Waals surface area contributed by atoms with Gasteiger partial charge in [0, 0.05) is 5.69 Å². The molecule has 31 heavy (non-hydrogen) atoms. The number of hydrogen-bond donors (Lipinski definition) is 3. The Balaban J connectivity index is 1.66. The number of hydrogen-bond acceptors (Lipinski definition) is 3. The summed E-state index contributed by atoms with van der Waals surface area (Å²) < 4.78 is 41.3. The summed E-state index contributed by atoms with van der Waals surface area (Å²) in [6, 6.07) is 14.7. The third-order valence-corrected chi connectivity index (χ3v) is 5.62. The standard InChI is InChI=1S/C24H20F3NO3/c1-14-3-2-4-15(11-14)18-7-6-17(13-19(18)24(25,26)27)28-22(31)23(9-10-23)16-5-8-20(29)21(30)12-16/h2-8,11-13,29-30H,9-10H2,1H3,(H,28,31). The van der Waals surface area contributed by atoms with Crippen LogP contribution in [0.25, 0.3) is 11.1 Å². The molecule has 1 aliphatic carbocycles. The van der Waals surface area contributed by atoms with Crippen LogP contribution >= 0.6 is 0 Å². The molecule has 0 aromatic heterocycles. The van der Waals surface area contributed by atoms with E-state index in [1.54, 1.807) is 18.2 Å². The van der Waals surface area contributed by atoms with E-state index in [2.05, 4.69) is 5.32 Å². The quantitative estimate of drug-likeness (QED) is 0.464. The van der Waals surface area contributed by atoms with Gasteiger partial charge in [-0.25, -0.2) is 0 Å². The Hall–Kier alpha value is -3.48. The van der Waals surface area contributed by atoms with Crippen LogP contribution in [0.5, 0.6) is 11.5 Å². The SMILES string of the molecule is Cc1cccc(-c2ccc(NC(=O)C3(c4ccc(O)c(O)c4)CC3)cc2C(F)(F)F)c1. The van der Waals surface area contributed by atoms with Crippen molar-refractivity contribution in [1.29, 1.82) is 0 Å². The summed E-state index contributed by atoms with van der Waals surface area (Å²) in [5.41, 5.74) is 0.121. The molecular weight excluding hydrogens is 407 g/mol. The van der Waals surface area contributed by atoms with Crippen molar-refractivity contribution in [1.82, 2.24) is 0 Å². The molecule has 7 heteroatoms. The van der Waals surface area contributed by atoms with Crippen molar-refractivity contribution in [2.75, 3.05) is 5.32 Å².